The molecule has 0 radical (unpaired) electrons. The third kappa shape index (κ3) is 5.52. The molecule has 4 rings (SSSR count). The van der Waals surface area contributed by atoms with Crippen LogP contribution in [0.15, 0.2) is 69.0 Å². The van der Waals surface area contributed by atoms with Crippen LogP contribution in [0.4, 0.5) is 11.4 Å². The molecule has 0 unspecified atom stereocenters. The lowest BCUT2D eigenvalue weighted by molar-refractivity contribution is -0.386. The molecule has 0 bridgehead atoms. The standard InChI is InChI=1S/C25H20BrN5O7/c1-3-23-28-20-8-7-17(26)12-19(20)25(32)29(23)27-13-16-10-21(31(35)36)24(22(11-16)37-2)38-14-15-5-4-6-18(9-15)30(33)34/h4-13H,3,14H2,1-2H3. The van der Waals surface area contributed by atoms with Gasteiger partial charge >= 0.3 is 5.69 Å². The summed E-state index contributed by atoms with van der Waals surface area (Å²) in [6.45, 7) is 1.67. The quantitative estimate of drug-likeness (QED) is 0.152. The van der Waals surface area contributed by atoms with Gasteiger partial charge in [-0.25, -0.2) is 4.98 Å². The molecule has 3 aromatic carbocycles. The van der Waals surface area contributed by atoms with E-state index in [1.165, 1.54) is 43.7 Å². The van der Waals surface area contributed by atoms with Gasteiger partial charge in [-0.05, 0) is 29.8 Å². The Balaban J connectivity index is 1.71. The highest BCUT2D eigenvalue weighted by Crippen LogP contribution is 2.38. The molecule has 0 aliphatic heterocycles. The lowest BCUT2D eigenvalue weighted by Gasteiger charge is -2.12. The van der Waals surface area contributed by atoms with Crippen LogP contribution in [0.1, 0.15) is 23.9 Å². The highest BCUT2D eigenvalue weighted by molar-refractivity contribution is 9.10. The molecule has 0 saturated heterocycles. The summed E-state index contributed by atoms with van der Waals surface area (Å²) in [5.41, 5.74) is 0.339. The zero-order valence-electron chi connectivity index (χ0n) is 20.2. The van der Waals surface area contributed by atoms with Crippen LogP contribution in [0.2, 0.25) is 0 Å². The molecule has 194 valence electrons. The van der Waals surface area contributed by atoms with Crippen LogP contribution < -0.4 is 15.0 Å². The van der Waals surface area contributed by atoms with Crippen molar-refractivity contribution in [3.63, 3.8) is 0 Å². The van der Waals surface area contributed by atoms with Crippen molar-refractivity contribution in [2.24, 2.45) is 5.10 Å². The van der Waals surface area contributed by atoms with Crippen LogP contribution in [0.3, 0.4) is 0 Å². The molecule has 1 aromatic heterocycles. The first-order chi connectivity index (χ1) is 18.2. The van der Waals surface area contributed by atoms with Crippen molar-refractivity contribution in [1.82, 2.24) is 9.66 Å². The van der Waals surface area contributed by atoms with Crippen molar-refractivity contribution in [1.29, 1.82) is 0 Å². The number of hydrogen-bond donors (Lipinski definition) is 0. The lowest BCUT2D eigenvalue weighted by atomic mass is 10.1. The van der Waals surface area contributed by atoms with Gasteiger partial charge in [0, 0.05) is 34.7 Å². The average molecular weight is 582 g/mol. The van der Waals surface area contributed by atoms with Crippen molar-refractivity contribution in [2.75, 3.05) is 7.11 Å². The number of nitro benzene ring substituents is 2. The number of aryl methyl sites for hydroxylation is 1. The SMILES string of the molecule is CCc1nc2ccc(Br)cc2c(=O)n1N=Cc1cc(OC)c(OCc2cccc([N+](=O)[O-])c2)c([N+](=O)[O-])c1. The van der Waals surface area contributed by atoms with Gasteiger partial charge in [0.15, 0.2) is 5.75 Å². The van der Waals surface area contributed by atoms with Gasteiger partial charge in [0.05, 0.1) is 34.1 Å². The highest BCUT2D eigenvalue weighted by Gasteiger charge is 2.23. The second-order valence-electron chi connectivity index (χ2n) is 7.95. The molecule has 12 nitrogen and oxygen atoms in total. The fourth-order valence-electron chi connectivity index (χ4n) is 3.70. The number of non-ortho nitro benzene ring substituents is 1. The number of hydrogen-bond acceptors (Lipinski definition) is 9. The summed E-state index contributed by atoms with van der Waals surface area (Å²) in [6, 6.07) is 13.6. The summed E-state index contributed by atoms with van der Waals surface area (Å²) >= 11 is 3.35. The molecular formula is C25H20BrN5O7. The maximum Gasteiger partial charge on any atom is 0.315 e. The van der Waals surface area contributed by atoms with Crippen molar-refractivity contribution in [2.45, 2.75) is 20.0 Å². The van der Waals surface area contributed by atoms with E-state index in [1.54, 1.807) is 24.3 Å². The number of halogens is 1. The van der Waals surface area contributed by atoms with E-state index < -0.39 is 15.5 Å². The summed E-state index contributed by atoms with van der Waals surface area (Å²) in [6.07, 6.45) is 1.72. The number of ether oxygens (including phenoxy) is 2. The zero-order chi connectivity index (χ0) is 27.4. The molecular weight excluding hydrogens is 562 g/mol. The Morgan fingerprint density at radius 3 is 2.58 bits per heavy atom. The van der Waals surface area contributed by atoms with E-state index in [-0.39, 0.29) is 34.9 Å². The predicted octanol–water partition coefficient (Wildman–Crippen LogP) is 5.01. The topological polar surface area (TPSA) is 152 Å². The summed E-state index contributed by atoms with van der Waals surface area (Å²) in [5.74, 6) is 0.318. The van der Waals surface area contributed by atoms with Gasteiger partial charge in [0.1, 0.15) is 12.4 Å². The van der Waals surface area contributed by atoms with E-state index >= 15 is 0 Å². The molecule has 0 aliphatic carbocycles. The molecule has 0 amide bonds. The fraction of sp³-hybridized carbons (Fsp3) is 0.160. The van der Waals surface area contributed by atoms with Crippen molar-refractivity contribution >= 4 is 44.4 Å². The van der Waals surface area contributed by atoms with Gasteiger partial charge in [0.2, 0.25) is 5.75 Å². The minimum Gasteiger partial charge on any atom is -0.493 e. The largest absolute Gasteiger partial charge is 0.493 e. The Morgan fingerprint density at radius 2 is 1.89 bits per heavy atom. The van der Waals surface area contributed by atoms with Crippen LogP contribution in [0.5, 0.6) is 11.5 Å². The smallest absolute Gasteiger partial charge is 0.315 e. The maximum absolute atomic E-state index is 13.1. The first-order valence-electron chi connectivity index (χ1n) is 11.2. The Hall–Kier alpha value is -4.65. The minimum absolute atomic E-state index is 0.0507. The van der Waals surface area contributed by atoms with Gasteiger partial charge in [-0.1, -0.05) is 35.0 Å². The molecule has 0 atom stereocenters. The molecule has 38 heavy (non-hydrogen) atoms. The lowest BCUT2D eigenvalue weighted by Crippen LogP contribution is -2.22. The average Bonchev–Trinajstić information content (AvgIpc) is 2.91. The molecule has 0 N–H and O–H groups in total. The van der Waals surface area contributed by atoms with Crippen LogP contribution >= 0.6 is 15.9 Å². The number of methoxy groups -OCH3 is 1. The number of aromatic nitrogens is 2. The van der Waals surface area contributed by atoms with Gasteiger partial charge in [-0.2, -0.15) is 9.78 Å². The van der Waals surface area contributed by atoms with Gasteiger partial charge in [-0.15, -0.1) is 0 Å². The Kier molecular flexibility index (Phi) is 7.76. The normalized spacial score (nSPS) is 11.1. The van der Waals surface area contributed by atoms with Crippen LogP contribution in [-0.4, -0.2) is 32.8 Å². The third-order valence-corrected chi connectivity index (χ3v) is 5.99. The van der Waals surface area contributed by atoms with E-state index in [0.29, 0.717) is 33.2 Å². The number of benzene rings is 3. The fourth-order valence-corrected chi connectivity index (χ4v) is 4.06. The van der Waals surface area contributed by atoms with E-state index in [9.17, 15) is 25.0 Å². The minimum atomic E-state index is -0.638. The monoisotopic (exact) mass is 581 g/mol. The Bertz CT molecular complexity index is 1650. The molecule has 0 aliphatic rings. The number of nitro groups is 2. The highest BCUT2D eigenvalue weighted by atomic mass is 79.9. The maximum atomic E-state index is 13.1. The molecule has 4 aromatic rings. The Labute approximate surface area is 223 Å². The van der Waals surface area contributed by atoms with Gasteiger partial charge < -0.3 is 9.47 Å². The van der Waals surface area contributed by atoms with E-state index in [1.807, 2.05) is 6.92 Å². The van der Waals surface area contributed by atoms with Gasteiger partial charge in [-0.3, -0.25) is 25.0 Å². The first-order valence-corrected chi connectivity index (χ1v) is 12.0. The summed E-state index contributed by atoms with van der Waals surface area (Å²) in [7, 11) is 1.32. The van der Waals surface area contributed by atoms with Crippen LogP contribution in [0.25, 0.3) is 10.9 Å². The van der Waals surface area contributed by atoms with Crippen molar-refractivity contribution in [3.05, 3.63) is 107 Å². The van der Waals surface area contributed by atoms with Crippen molar-refractivity contribution in [3.8, 4) is 11.5 Å². The Morgan fingerprint density at radius 1 is 1.11 bits per heavy atom. The van der Waals surface area contributed by atoms with E-state index in [0.717, 1.165) is 4.68 Å². The summed E-state index contributed by atoms with van der Waals surface area (Å²) < 4.78 is 12.9. The number of nitrogens with zero attached hydrogens (tertiary/aromatic N) is 5. The van der Waals surface area contributed by atoms with Crippen molar-refractivity contribution < 1.29 is 19.3 Å². The summed E-state index contributed by atoms with van der Waals surface area (Å²) in [5, 5.41) is 27.5. The second kappa shape index (κ2) is 11.2. The molecule has 1 heterocycles. The van der Waals surface area contributed by atoms with E-state index in [4.69, 9.17) is 9.47 Å². The summed E-state index contributed by atoms with van der Waals surface area (Å²) in [4.78, 5) is 39.3. The zero-order valence-corrected chi connectivity index (χ0v) is 21.7. The number of fused-ring (bicyclic) bond motifs is 1. The third-order valence-electron chi connectivity index (χ3n) is 5.49. The molecule has 0 fully saturated rings. The molecule has 13 heteroatoms. The molecule has 0 saturated carbocycles. The first kappa shape index (κ1) is 26.4. The second-order valence-corrected chi connectivity index (χ2v) is 8.86. The molecule has 0 spiro atoms. The van der Waals surface area contributed by atoms with Crippen LogP contribution in [-0.2, 0) is 13.0 Å². The van der Waals surface area contributed by atoms with Gasteiger partial charge in [0.25, 0.3) is 11.2 Å². The predicted molar refractivity (Wildman–Crippen MR) is 143 cm³/mol. The van der Waals surface area contributed by atoms with E-state index in [2.05, 4.69) is 26.0 Å². The van der Waals surface area contributed by atoms with Crippen LogP contribution in [0, 0.1) is 20.2 Å². The number of rotatable bonds is 9.